The molecule has 0 radical (unpaired) electrons. The maximum Gasteiger partial charge on any atom is 0.122 e. The van der Waals surface area contributed by atoms with E-state index >= 15 is 0 Å². The number of nitrogens with two attached hydrogens (primary N) is 1. The van der Waals surface area contributed by atoms with Crippen LogP contribution in [0, 0.1) is 0 Å². The van der Waals surface area contributed by atoms with E-state index in [2.05, 4.69) is 5.32 Å². The number of nitrogen functional groups attached to an aromatic ring is 1. The van der Waals surface area contributed by atoms with Gasteiger partial charge in [0.1, 0.15) is 5.75 Å². The molecular weight excluding hydrogens is 220 g/mol. The van der Waals surface area contributed by atoms with E-state index in [9.17, 15) is 5.11 Å². The Morgan fingerprint density at radius 3 is 2.76 bits per heavy atom. The molecule has 96 valence electrons. The molecule has 1 aromatic rings. The molecule has 17 heavy (non-hydrogen) atoms. The predicted octanol–water partition coefficient (Wildman–Crippen LogP) is 1.09. The van der Waals surface area contributed by atoms with Gasteiger partial charge in [-0.1, -0.05) is 0 Å². The van der Waals surface area contributed by atoms with Crippen LogP contribution >= 0.6 is 0 Å². The molecule has 0 aromatic heterocycles. The first-order valence-corrected chi connectivity index (χ1v) is 5.51. The quantitative estimate of drug-likeness (QED) is 0.622. The van der Waals surface area contributed by atoms with E-state index in [1.807, 2.05) is 12.1 Å². The third-order valence-electron chi connectivity index (χ3n) is 2.33. The van der Waals surface area contributed by atoms with Gasteiger partial charge >= 0.3 is 0 Å². The van der Waals surface area contributed by atoms with Crippen LogP contribution in [-0.2, 0) is 4.74 Å². The second-order valence-corrected chi connectivity index (χ2v) is 3.82. The summed E-state index contributed by atoms with van der Waals surface area (Å²) in [5, 5.41) is 12.6. The molecule has 0 saturated carbocycles. The molecular formula is C12H20N2O3. The van der Waals surface area contributed by atoms with Crippen molar-refractivity contribution >= 4 is 11.4 Å². The van der Waals surface area contributed by atoms with Crippen molar-refractivity contribution in [2.75, 3.05) is 38.4 Å². The molecule has 1 rings (SSSR count). The monoisotopic (exact) mass is 240 g/mol. The fraction of sp³-hybridized carbons (Fsp3) is 0.500. The fourth-order valence-corrected chi connectivity index (χ4v) is 1.50. The minimum atomic E-state index is -0.449. The minimum Gasteiger partial charge on any atom is -0.497 e. The van der Waals surface area contributed by atoms with E-state index in [4.69, 9.17) is 15.2 Å². The molecule has 1 unspecified atom stereocenters. The molecule has 0 aliphatic rings. The van der Waals surface area contributed by atoms with E-state index in [0.717, 1.165) is 5.69 Å². The molecule has 1 atom stereocenters. The molecule has 0 fully saturated rings. The number of rotatable bonds is 7. The van der Waals surface area contributed by atoms with Crippen LogP contribution in [0.2, 0.25) is 0 Å². The molecule has 5 heteroatoms. The summed E-state index contributed by atoms with van der Waals surface area (Å²) < 4.78 is 9.96. The number of ether oxygens (including phenoxy) is 2. The molecule has 0 aliphatic heterocycles. The third-order valence-corrected chi connectivity index (χ3v) is 2.33. The lowest BCUT2D eigenvalue weighted by Gasteiger charge is -2.12. The van der Waals surface area contributed by atoms with Gasteiger partial charge in [-0.2, -0.15) is 0 Å². The summed E-state index contributed by atoms with van der Waals surface area (Å²) >= 11 is 0. The highest BCUT2D eigenvalue weighted by molar-refractivity contribution is 5.59. The van der Waals surface area contributed by atoms with Crippen LogP contribution < -0.4 is 15.8 Å². The van der Waals surface area contributed by atoms with Crippen LogP contribution in [0.15, 0.2) is 18.2 Å². The van der Waals surface area contributed by atoms with Gasteiger partial charge in [0.15, 0.2) is 0 Å². The smallest absolute Gasteiger partial charge is 0.122 e. The Labute approximate surface area is 102 Å². The van der Waals surface area contributed by atoms with Crippen molar-refractivity contribution in [2.24, 2.45) is 0 Å². The van der Waals surface area contributed by atoms with Gasteiger partial charge in [-0.15, -0.1) is 0 Å². The lowest BCUT2D eigenvalue weighted by Crippen LogP contribution is -2.18. The van der Waals surface area contributed by atoms with Crippen LogP contribution in [0.25, 0.3) is 0 Å². The lowest BCUT2D eigenvalue weighted by molar-refractivity contribution is 0.0615. The normalized spacial score (nSPS) is 12.2. The van der Waals surface area contributed by atoms with E-state index in [0.29, 0.717) is 31.0 Å². The summed E-state index contributed by atoms with van der Waals surface area (Å²) in [5.41, 5.74) is 7.25. The van der Waals surface area contributed by atoms with Crippen molar-refractivity contribution in [3.05, 3.63) is 18.2 Å². The van der Waals surface area contributed by atoms with Crippen molar-refractivity contribution < 1.29 is 14.6 Å². The van der Waals surface area contributed by atoms with Crippen molar-refractivity contribution in [3.63, 3.8) is 0 Å². The SMILES string of the molecule is COCC(O)CCNc1cc(N)cc(OC)c1. The second-order valence-electron chi connectivity index (χ2n) is 3.82. The van der Waals surface area contributed by atoms with Gasteiger partial charge in [0, 0.05) is 37.2 Å². The summed E-state index contributed by atoms with van der Waals surface area (Å²) in [6.45, 7) is 0.999. The number of hydrogen-bond donors (Lipinski definition) is 3. The Morgan fingerprint density at radius 2 is 2.12 bits per heavy atom. The van der Waals surface area contributed by atoms with Crippen LogP contribution in [0.3, 0.4) is 0 Å². The molecule has 0 bridgehead atoms. The maximum absolute atomic E-state index is 9.47. The summed E-state index contributed by atoms with van der Waals surface area (Å²) in [7, 11) is 3.17. The Bertz CT molecular complexity index is 345. The second kappa shape index (κ2) is 6.98. The molecule has 0 heterocycles. The van der Waals surface area contributed by atoms with Crippen LogP contribution in [0.1, 0.15) is 6.42 Å². The van der Waals surface area contributed by atoms with Crippen LogP contribution in [0.5, 0.6) is 5.75 Å². The van der Waals surface area contributed by atoms with Gasteiger partial charge < -0.3 is 25.6 Å². The summed E-state index contributed by atoms with van der Waals surface area (Å²) in [5.74, 6) is 0.713. The average molecular weight is 240 g/mol. The van der Waals surface area contributed by atoms with Crippen LogP contribution in [0.4, 0.5) is 11.4 Å². The molecule has 4 N–H and O–H groups in total. The van der Waals surface area contributed by atoms with Gasteiger partial charge in [0.05, 0.1) is 19.8 Å². The van der Waals surface area contributed by atoms with E-state index < -0.39 is 6.10 Å². The first-order valence-electron chi connectivity index (χ1n) is 5.51. The van der Waals surface area contributed by atoms with Crippen molar-refractivity contribution in [1.82, 2.24) is 0 Å². The number of aliphatic hydroxyl groups is 1. The van der Waals surface area contributed by atoms with Gasteiger partial charge in [-0.05, 0) is 12.5 Å². The highest BCUT2D eigenvalue weighted by Crippen LogP contribution is 2.22. The molecule has 0 spiro atoms. The fourth-order valence-electron chi connectivity index (χ4n) is 1.50. The molecule has 0 amide bonds. The van der Waals surface area contributed by atoms with Crippen molar-refractivity contribution in [3.8, 4) is 5.75 Å². The first kappa shape index (κ1) is 13.6. The minimum absolute atomic E-state index is 0.349. The average Bonchev–Trinajstić information content (AvgIpc) is 2.28. The highest BCUT2D eigenvalue weighted by atomic mass is 16.5. The summed E-state index contributed by atoms with van der Waals surface area (Å²) in [6.07, 6.45) is 0.167. The molecule has 0 aliphatic carbocycles. The number of nitrogens with one attached hydrogen (secondary N) is 1. The topological polar surface area (TPSA) is 76.7 Å². The van der Waals surface area contributed by atoms with Gasteiger partial charge in [0.25, 0.3) is 0 Å². The first-order chi connectivity index (χ1) is 8.15. The van der Waals surface area contributed by atoms with Crippen LogP contribution in [-0.4, -0.2) is 38.6 Å². The van der Waals surface area contributed by atoms with Crippen molar-refractivity contribution in [1.29, 1.82) is 0 Å². The lowest BCUT2D eigenvalue weighted by atomic mass is 10.2. The summed E-state index contributed by atoms with van der Waals surface area (Å²) in [4.78, 5) is 0. The number of methoxy groups -OCH3 is 2. The molecule has 5 nitrogen and oxygen atoms in total. The number of anilines is 2. The van der Waals surface area contributed by atoms with Crippen molar-refractivity contribution in [2.45, 2.75) is 12.5 Å². The molecule has 1 aromatic carbocycles. The Balaban J connectivity index is 2.43. The summed E-state index contributed by atoms with van der Waals surface area (Å²) in [6, 6.07) is 5.44. The number of benzene rings is 1. The van der Waals surface area contributed by atoms with E-state index in [1.54, 1.807) is 20.3 Å². The number of hydrogen-bond acceptors (Lipinski definition) is 5. The molecule has 0 saturated heterocycles. The Kier molecular flexibility index (Phi) is 5.59. The zero-order valence-corrected chi connectivity index (χ0v) is 10.3. The standard InChI is InChI=1S/C12H20N2O3/c1-16-8-11(15)3-4-14-10-5-9(13)6-12(7-10)17-2/h5-7,11,14-15H,3-4,8,13H2,1-2H3. The highest BCUT2D eigenvalue weighted by Gasteiger charge is 2.03. The van der Waals surface area contributed by atoms with Gasteiger partial charge in [-0.3, -0.25) is 0 Å². The largest absolute Gasteiger partial charge is 0.497 e. The third kappa shape index (κ3) is 4.93. The Morgan fingerprint density at radius 1 is 1.35 bits per heavy atom. The predicted molar refractivity (Wildman–Crippen MR) is 68.4 cm³/mol. The zero-order valence-electron chi connectivity index (χ0n) is 10.3. The number of aliphatic hydroxyl groups excluding tert-OH is 1. The maximum atomic E-state index is 9.47. The van der Waals surface area contributed by atoms with Gasteiger partial charge in [0.2, 0.25) is 0 Å². The zero-order chi connectivity index (χ0) is 12.7. The van der Waals surface area contributed by atoms with Gasteiger partial charge in [-0.25, -0.2) is 0 Å². The van der Waals surface area contributed by atoms with E-state index in [-0.39, 0.29) is 0 Å². The van der Waals surface area contributed by atoms with E-state index in [1.165, 1.54) is 0 Å². The Hall–Kier alpha value is -1.46.